The molecule has 12 aromatic rings. The molecule has 0 aliphatic carbocycles. The van der Waals surface area contributed by atoms with Crippen LogP contribution in [0.2, 0.25) is 0 Å². The molecule has 0 fully saturated rings. The fraction of sp³-hybridized carbons (Fsp3) is 0.0526. The molecule has 32 heteroatoms. The van der Waals surface area contributed by atoms with Crippen molar-refractivity contribution in [3.63, 3.8) is 0 Å². The topological polar surface area (TPSA) is 316 Å². The Balaban J connectivity index is 0.000000237. The number of carbonyl (C=O) groups is 12. The molecule has 0 aromatic heterocycles. The molecule has 0 heterocycles. The number of benzene rings is 12. The second-order valence-electron chi connectivity index (χ2n) is 30.0. The Hall–Kier alpha value is -19.4. The smallest absolute Gasteiger partial charge is 0.338 e. The Labute approximate surface area is 832 Å². The molecule has 0 amide bonds. The van der Waals surface area contributed by atoms with Crippen molar-refractivity contribution in [1.29, 1.82) is 0 Å². The molecule has 0 spiro atoms. The Morgan fingerprint density at radius 3 is 0.541 bits per heavy atom. The molecule has 12 aromatic carbocycles. The first-order valence-corrected chi connectivity index (χ1v) is 42.4. The molecule has 0 atom stereocenters. The van der Waals surface area contributed by atoms with E-state index < -0.39 is 118 Å². The minimum atomic E-state index is -0.791. The number of halogens is 8. The number of hydrogen-bond donors (Lipinski definition) is 0. The summed E-state index contributed by atoms with van der Waals surface area (Å²) < 4.78 is 171. The van der Waals surface area contributed by atoms with Crippen molar-refractivity contribution in [3.8, 4) is 136 Å². The van der Waals surface area contributed by atoms with Gasteiger partial charge in [-0.05, 0) is 243 Å². The predicted molar refractivity (Wildman–Crippen MR) is 529 cm³/mol. The molecule has 12 rings (SSSR count). The predicted octanol–water partition coefficient (Wildman–Crippen LogP) is 24.7. The van der Waals surface area contributed by atoms with E-state index in [-0.39, 0.29) is 73.9 Å². The van der Waals surface area contributed by atoms with Gasteiger partial charge >= 0.3 is 71.6 Å². The summed E-state index contributed by atoms with van der Waals surface area (Å²) in [6, 6.07) is 57.7. The highest BCUT2D eigenvalue weighted by Gasteiger charge is 2.22. The van der Waals surface area contributed by atoms with Gasteiger partial charge in [0.2, 0.25) is 0 Å². The van der Waals surface area contributed by atoms with Crippen molar-refractivity contribution in [2.45, 2.75) is 41.5 Å². The van der Waals surface area contributed by atoms with Gasteiger partial charge in [0, 0.05) is 93.2 Å². The molecular weight excluding hydrogens is 1910 g/mol. The first-order chi connectivity index (χ1) is 69.2. The van der Waals surface area contributed by atoms with Gasteiger partial charge in [-0.25, -0.2) is 92.7 Å². The standard InChI is InChI=1S/C20H16F2O4.2C20H17FO4.C18H12F2O4.2C18H13FO4/c1-11(2)19(23)25-17-7-5-13(9-15(17)21)14-6-8-18(16(22)10-14)26-20(24)12(3)4;1-12(2)19(22)24-16-8-5-14(6-9-16)15-7-10-18(17(21)11-15)25-20(23)13(3)4;1-12(2)19(22)24-15-7-5-14(6-8-15)17-10-9-16(11-18(17)21)25-20(23)13(3)4;1-3-17(21)23-15-7-5-11(9-13(15)19)12-6-8-16(14(20)10-12)24-18(22)4-2;1-3-17(20)22-14-8-5-12(6-9-14)13-7-10-16(15(19)11-13)23-18(21)4-2;1-3-17(20)22-13-7-5-12(6-8-13)15-10-9-14(11-16(15)19)23-18(21)4-2/h5-10H,1,3H2,2,4H3;2*5-11H,1,3H2,2,4H3;3-10H,1-2H2;2*3-11H,1-2H2. The molecule has 0 bridgehead atoms. The zero-order chi connectivity index (χ0) is 108. The van der Waals surface area contributed by atoms with Gasteiger partial charge < -0.3 is 56.8 Å². The van der Waals surface area contributed by atoms with Crippen LogP contribution in [-0.4, -0.2) is 71.6 Å². The summed E-state index contributed by atoms with van der Waals surface area (Å²) in [5.41, 5.74) is 7.11. The summed E-state index contributed by atoms with van der Waals surface area (Å²) in [4.78, 5) is 135. The van der Waals surface area contributed by atoms with Crippen molar-refractivity contribution in [2.24, 2.45) is 0 Å². The molecule has 0 aliphatic rings. The van der Waals surface area contributed by atoms with Crippen LogP contribution in [-0.2, 0) is 57.5 Å². The summed E-state index contributed by atoms with van der Waals surface area (Å²) in [6.07, 6.45) is 5.88. The van der Waals surface area contributed by atoms with Gasteiger partial charge in [0.05, 0.1) is 0 Å². The zero-order valence-corrected chi connectivity index (χ0v) is 78.9. The summed E-state index contributed by atoms with van der Waals surface area (Å²) in [5, 5.41) is 0. The maximum absolute atomic E-state index is 14.3. The third kappa shape index (κ3) is 35.2. The molecule has 0 unspecified atom stereocenters. The normalized spacial score (nSPS) is 9.96. The number of hydrogen-bond acceptors (Lipinski definition) is 24. The monoisotopic (exact) mass is 1990 g/mol. The van der Waals surface area contributed by atoms with Gasteiger partial charge in [0.15, 0.2) is 69.4 Å². The van der Waals surface area contributed by atoms with Crippen molar-refractivity contribution in [1.82, 2.24) is 0 Å². The highest BCUT2D eigenvalue weighted by atomic mass is 19.2. The lowest BCUT2D eigenvalue weighted by molar-refractivity contribution is -0.131. The number of ether oxygens (including phenoxy) is 12. The van der Waals surface area contributed by atoms with E-state index in [0.29, 0.717) is 95.3 Å². The van der Waals surface area contributed by atoms with Gasteiger partial charge in [0.25, 0.3) is 0 Å². The Morgan fingerprint density at radius 1 is 0.178 bits per heavy atom. The number of rotatable bonds is 30. The van der Waals surface area contributed by atoms with E-state index in [0.717, 1.165) is 72.9 Å². The van der Waals surface area contributed by atoms with Gasteiger partial charge in [-0.15, -0.1) is 0 Å². The summed E-state index contributed by atoms with van der Waals surface area (Å²) in [5.74, 6) is -13.3. The van der Waals surface area contributed by atoms with Crippen LogP contribution >= 0.6 is 0 Å². The maximum Gasteiger partial charge on any atom is 0.338 e. The summed E-state index contributed by atoms with van der Waals surface area (Å²) in [7, 11) is 0. The van der Waals surface area contributed by atoms with Crippen molar-refractivity contribution >= 4 is 71.6 Å². The molecule has 0 radical (unpaired) electrons. The second kappa shape index (κ2) is 54.8. The lowest BCUT2D eigenvalue weighted by Gasteiger charge is -2.09. The van der Waals surface area contributed by atoms with E-state index in [2.05, 4.69) is 78.9 Å². The Kier molecular flexibility index (Phi) is 42.6. The number of esters is 12. The van der Waals surface area contributed by atoms with Crippen molar-refractivity contribution in [3.05, 3.63) is 438 Å². The summed E-state index contributed by atoms with van der Waals surface area (Å²) in [6.45, 7) is 49.3. The van der Waals surface area contributed by atoms with E-state index in [1.807, 2.05) is 0 Å². The first-order valence-electron chi connectivity index (χ1n) is 42.4. The van der Waals surface area contributed by atoms with Crippen LogP contribution in [0.15, 0.2) is 391 Å². The van der Waals surface area contributed by atoms with Gasteiger partial charge in [0.1, 0.15) is 46.1 Å². The van der Waals surface area contributed by atoms with Crippen molar-refractivity contribution in [2.75, 3.05) is 0 Å². The van der Waals surface area contributed by atoms with E-state index in [4.69, 9.17) is 56.8 Å². The van der Waals surface area contributed by atoms with Gasteiger partial charge in [-0.1, -0.05) is 164 Å². The van der Waals surface area contributed by atoms with Crippen LogP contribution in [0.4, 0.5) is 35.1 Å². The van der Waals surface area contributed by atoms with E-state index >= 15 is 0 Å². The first kappa shape index (κ1) is 114. The molecule has 0 N–H and O–H groups in total. The van der Waals surface area contributed by atoms with Gasteiger partial charge in [-0.3, -0.25) is 0 Å². The van der Waals surface area contributed by atoms with Crippen molar-refractivity contribution < 1.29 is 150 Å². The second-order valence-corrected chi connectivity index (χ2v) is 30.0. The fourth-order valence-electron chi connectivity index (χ4n) is 11.1. The van der Waals surface area contributed by atoms with Crippen LogP contribution < -0.4 is 56.8 Å². The van der Waals surface area contributed by atoms with Crippen LogP contribution in [0.25, 0.3) is 66.8 Å². The average Bonchev–Trinajstić information content (AvgIpc) is 0.826. The Bertz CT molecular complexity index is 7010. The van der Waals surface area contributed by atoms with Gasteiger partial charge in [-0.2, -0.15) is 0 Å². The third-order valence-electron chi connectivity index (χ3n) is 18.5. The van der Waals surface area contributed by atoms with Crippen LogP contribution in [0.5, 0.6) is 69.0 Å². The highest BCUT2D eigenvalue weighted by Crippen LogP contribution is 2.37. The fourth-order valence-corrected chi connectivity index (χ4v) is 11.1. The van der Waals surface area contributed by atoms with E-state index in [1.165, 1.54) is 125 Å². The van der Waals surface area contributed by atoms with Crippen LogP contribution in [0.1, 0.15) is 41.5 Å². The molecule has 0 saturated carbocycles. The minimum absolute atomic E-state index is 0.0904. The lowest BCUT2D eigenvalue weighted by atomic mass is 10.0. The zero-order valence-electron chi connectivity index (χ0n) is 78.9. The SMILES string of the molecule is C=C(C)C(=O)Oc1ccc(-c2ccc(OC(=O)C(=C)C)c(F)c2)cc1.C=C(C)C(=O)Oc1ccc(-c2ccc(OC(=O)C(=C)C)c(F)c2)cc1F.C=C(C)C(=O)Oc1ccc(-c2ccc(OC(=O)C(=C)C)cc2F)cc1.C=CC(=O)Oc1ccc(-c2ccc(OC(=O)C=C)c(F)c2)cc1.C=CC(=O)Oc1ccc(-c2ccc(OC(=O)C=C)c(F)c2)cc1F.C=CC(=O)Oc1ccc(-c2ccc(OC(=O)C=C)cc2F)cc1. The molecular formula is C114H88F8O24. The summed E-state index contributed by atoms with van der Waals surface area (Å²) >= 11 is 0. The lowest BCUT2D eigenvalue weighted by Crippen LogP contribution is -2.09. The van der Waals surface area contributed by atoms with Crippen LogP contribution in [0.3, 0.4) is 0 Å². The minimum Gasteiger partial charge on any atom is -0.423 e. The Morgan fingerprint density at radius 2 is 0.336 bits per heavy atom. The molecule has 24 nitrogen and oxygen atoms in total. The molecule has 146 heavy (non-hydrogen) atoms. The average molecular weight is 1990 g/mol. The maximum atomic E-state index is 14.3. The largest absolute Gasteiger partial charge is 0.423 e. The third-order valence-corrected chi connectivity index (χ3v) is 18.5. The van der Waals surface area contributed by atoms with Crippen LogP contribution in [0, 0.1) is 46.5 Å². The van der Waals surface area contributed by atoms with E-state index in [1.54, 1.807) is 123 Å². The highest BCUT2D eigenvalue weighted by molar-refractivity contribution is 5.94. The molecule has 0 saturated heterocycles. The van der Waals surface area contributed by atoms with E-state index in [9.17, 15) is 92.7 Å². The molecule has 744 valence electrons. The quantitative estimate of drug-likeness (QED) is 0.0175. The molecule has 0 aliphatic heterocycles. The number of carbonyl (C=O) groups excluding carboxylic acids is 12.